The van der Waals surface area contributed by atoms with E-state index in [0.717, 1.165) is 68.9 Å². The van der Waals surface area contributed by atoms with Gasteiger partial charge in [-0.05, 0) is 46.0 Å². The van der Waals surface area contributed by atoms with E-state index in [0.29, 0.717) is 24.7 Å². The molecule has 0 aromatic carbocycles. The van der Waals surface area contributed by atoms with Crippen LogP contribution in [0.3, 0.4) is 0 Å². The summed E-state index contributed by atoms with van der Waals surface area (Å²) in [5.41, 5.74) is 1.50. The van der Waals surface area contributed by atoms with Crippen molar-refractivity contribution in [3.8, 4) is 0 Å². The van der Waals surface area contributed by atoms with Crippen LogP contribution in [0.4, 0.5) is 5.82 Å². The summed E-state index contributed by atoms with van der Waals surface area (Å²) >= 11 is 0. The standard InChI is InChI=1S/C20H29N5O2/c1-3-24(4-2)20(27)14-6-5-11-25(12-14)18-15-9-10-21-19(26)16(15)22-17(23-18)13-7-8-13/h13-14H,3-12H2,1-2H3,(H,21,26). The molecule has 27 heavy (non-hydrogen) atoms. The number of piperidine rings is 1. The van der Waals surface area contributed by atoms with Gasteiger partial charge in [0.05, 0.1) is 5.92 Å². The Morgan fingerprint density at radius 1 is 1.22 bits per heavy atom. The molecule has 1 aliphatic carbocycles. The van der Waals surface area contributed by atoms with E-state index in [1.807, 2.05) is 18.7 Å². The molecule has 7 nitrogen and oxygen atoms in total. The van der Waals surface area contributed by atoms with Gasteiger partial charge in [0.1, 0.15) is 17.3 Å². The summed E-state index contributed by atoms with van der Waals surface area (Å²) in [6.45, 7) is 7.76. The molecule has 3 aliphatic rings. The molecule has 3 heterocycles. The smallest absolute Gasteiger partial charge is 0.270 e. The fraction of sp³-hybridized carbons (Fsp3) is 0.700. The fourth-order valence-corrected chi connectivity index (χ4v) is 4.24. The number of rotatable bonds is 5. The van der Waals surface area contributed by atoms with Crippen LogP contribution in [0.1, 0.15) is 67.3 Å². The van der Waals surface area contributed by atoms with Gasteiger partial charge in [0.25, 0.3) is 5.91 Å². The Kier molecular flexibility index (Phi) is 5.02. The Balaban J connectivity index is 1.64. The minimum absolute atomic E-state index is 0.00561. The van der Waals surface area contributed by atoms with Gasteiger partial charge in [-0.15, -0.1) is 0 Å². The Bertz CT molecular complexity index is 742. The summed E-state index contributed by atoms with van der Waals surface area (Å²) in [5, 5.41) is 2.90. The van der Waals surface area contributed by atoms with Crippen molar-refractivity contribution in [2.75, 3.05) is 37.6 Å². The van der Waals surface area contributed by atoms with Gasteiger partial charge in [-0.3, -0.25) is 9.59 Å². The fourth-order valence-electron chi connectivity index (χ4n) is 4.24. The summed E-state index contributed by atoms with van der Waals surface area (Å²) in [4.78, 5) is 38.9. The highest BCUT2D eigenvalue weighted by Gasteiger charge is 2.35. The second kappa shape index (κ2) is 7.44. The van der Waals surface area contributed by atoms with Gasteiger partial charge in [0.2, 0.25) is 5.91 Å². The van der Waals surface area contributed by atoms with Crippen LogP contribution >= 0.6 is 0 Å². The van der Waals surface area contributed by atoms with Crippen molar-refractivity contribution in [2.45, 2.75) is 51.9 Å². The van der Waals surface area contributed by atoms with Crippen LogP contribution in [0.2, 0.25) is 0 Å². The van der Waals surface area contributed by atoms with E-state index in [-0.39, 0.29) is 17.7 Å². The van der Waals surface area contributed by atoms with E-state index in [2.05, 4.69) is 15.2 Å². The van der Waals surface area contributed by atoms with Crippen molar-refractivity contribution >= 4 is 17.6 Å². The highest BCUT2D eigenvalue weighted by atomic mass is 16.2. The predicted octanol–water partition coefficient (Wildman–Crippen LogP) is 1.72. The topological polar surface area (TPSA) is 78.4 Å². The molecular formula is C20H29N5O2. The molecule has 4 rings (SSSR count). The molecule has 0 bridgehead atoms. The molecule has 1 unspecified atom stereocenters. The van der Waals surface area contributed by atoms with E-state index in [1.54, 1.807) is 0 Å². The van der Waals surface area contributed by atoms with Crippen LogP contribution in [0.15, 0.2) is 0 Å². The number of carbonyl (C=O) groups is 2. The molecule has 146 valence electrons. The second-order valence-corrected chi connectivity index (χ2v) is 7.81. The average molecular weight is 371 g/mol. The summed E-state index contributed by atoms with van der Waals surface area (Å²) in [7, 11) is 0. The number of fused-ring (bicyclic) bond motifs is 1. The summed E-state index contributed by atoms with van der Waals surface area (Å²) in [6.07, 6.45) is 4.86. The zero-order valence-electron chi connectivity index (χ0n) is 16.3. The first-order valence-corrected chi connectivity index (χ1v) is 10.3. The van der Waals surface area contributed by atoms with Gasteiger partial charge >= 0.3 is 0 Å². The van der Waals surface area contributed by atoms with Gasteiger partial charge in [-0.2, -0.15) is 0 Å². The largest absolute Gasteiger partial charge is 0.355 e. The van der Waals surface area contributed by atoms with Crippen LogP contribution in [-0.4, -0.2) is 59.4 Å². The number of hydrogen-bond donors (Lipinski definition) is 1. The lowest BCUT2D eigenvalue weighted by Gasteiger charge is -2.36. The Labute approximate surface area is 160 Å². The Morgan fingerprint density at radius 3 is 2.70 bits per heavy atom. The first kappa shape index (κ1) is 18.2. The lowest BCUT2D eigenvalue weighted by atomic mass is 9.95. The van der Waals surface area contributed by atoms with Crippen molar-refractivity contribution in [1.82, 2.24) is 20.2 Å². The number of hydrogen-bond acceptors (Lipinski definition) is 5. The third-order valence-corrected chi connectivity index (χ3v) is 5.97. The van der Waals surface area contributed by atoms with Crippen molar-refractivity contribution in [3.63, 3.8) is 0 Å². The van der Waals surface area contributed by atoms with E-state index < -0.39 is 0 Å². The summed E-state index contributed by atoms with van der Waals surface area (Å²) in [5.74, 6) is 2.25. The maximum Gasteiger partial charge on any atom is 0.270 e. The van der Waals surface area contributed by atoms with Gasteiger partial charge in [-0.1, -0.05) is 0 Å². The number of amides is 2. The summed E-state index contributed by atoms with van der Waals surface area (Å²) in [6, 6.07) is 0. The Hall–Kier alpha value is -2.18. The van der Waals surface area contributed by atoms with Gasteiger partial charge in [0, 0.05) is 44.2 Å². The number of anilines is 1. The molecule has 2 aliphatic heterocycles. The van der Waals surface area contributed by atoms with Crippen LogP contribution in [-0.2, 0) is 11.2 Å². The van der Waals surface area contributed by atoms with E-state index >= 15 is 0 Å². The van der Waals surface area contributed by atoms with Gasteiger partial charge < -0.3 is 15.1 Å². The number of nitrogens with one attached hydrogen (secondary N) is 1. The summed E-state index contributed by atoms with van der Waals surface area (Å²) < 4.78 is 0. The first-order valence-electron chi connectivity index (χ1n) is 10.3. The van der Waals surface area contributed by atoms with Crippen LogP contribution in [0.25, 0.3) is 0 Å². The SMILES string of the molecule is CCN(CC)C(=O)C1CCCN(c2nc(C3CC3)nc3c2CCNC3=O)C1. The lowest BCUT2D eigenvalue weighted by Crippen LogP contribution is -2.46. The molecule has 2 amide bonds. The minimum atomic E-state index is -0.0884. The van der Waals surface area contributed by atoms with E-state index in [4.69, 9.17) is 4.98 Å². The highest BCUT2D eigenvalue weighted by molar-refractivity contribution is 5.96. The minimum Gasteiger partial charge on any atom is -0.355 e. The highest BCUT2D eigenvalue weighted by Crippen LogP contribution is 2.40. The molecule has 1 aromatic heterocycles. The van der Waals surface area contributed by atoms with Crippen molar-refractivity contribution < 1.29 is 9.59 Å². The van der Waals surface area contributed by atoms with Crippen molar-refractivity contribution in [1.29, 1.82) is 0 Å². The van der Waals surface area contributed by atoms with Crippen LogP contribution in [0.5, 0.6) is 0 Å². The molecule has 7 heteroatoms. The average Bonchev–Trinajstić information content (AvgIpc) is 3.54. The molecule has 1 saturated heterocycles. The first-order chi connectivity index (χ1) is 13.1. The molecular weight excluding hydrogens is 342 g/mol. The van der Waals surface area contributed by atoms with Gasteiger partial charge in [0.15, 0.2) is 0 Å². The third kappa shape index (κ3) is 3.51. The second-order valence-electron chi connectivity index (χ2n) is 7.81. The van der Waals surface area contributed by atoms with Crippen LogP contribution < -0.4 is 10.2 Å². The number of nitrogens with zero attached hydrogens (tertiary/aromatic N) is 4. The van der Waals surface area contributed by atoms with Crippen molar-refractivity contribution in [2.24, 2.45) is 5.92 Å². The molecule has 0 spiro atoms. The van der Waals surface area contributed by atoms with Gasteiger partial charge in [-0.25, -0.2) is 9.97 Å². The molecule has 1 N–H and O–H groups in total. The predicted molar refractivity (Wildman–Crippen MR) is 103 cm³/mol. The maximum atomic E-state index is 12.9. The molecule has 2 fully saturated rings. The monoisotopic (exact) mass is 371 g/mol. The number of carbonyl (C=O) groups excluding carboxylic acids is 2. The third-order valence-electron chi connectivity index (χ3n) is 5.97. The molecule has 1 aromatic rings. The van der Waals surface area contributed by atoms with Crippen LogP contribution in [0, 0.1) is 5.92 Å². The zero-order valence-corrected chi connectivity index (χ0v) is 16.3. The van der Waals surface area contributed by atoms with E-state index in [1.165, 1.54) is 0 Å². The van der Waals surface area contributed by atoms with Crippen molar-refractivity contribution in [3.05, 3.63) is 17.1 Å². The molecule has 1 saturated carbocycles. The van der Waals surface area contributed by atoms with E-state index in [9.17, 15) is 9.59 Å². The molecule has 0 radical (unpaired) electrons. The lowest BCUT2D eigenvalue weighted by molar-refractivity contribution is -0.135. The maximum absolute atomic E-state index is 12.9. The quantitative estimate of drug-likeness (QED) is 0.853. The zero-order chi connectivity index (χ0) is 19.0. The molecule has 1 atom stereocenters. The Morgan fingerprint density at radius 2 is 2.00 bits per heavy atom. The number of aromatic nitrogens is 2. The normalized spacial score (nSPS) is 22.2.